The van der Waals surface area contributed by atoms with E-state index in [0.29, 0.717) is 35.6 Å². The Bertz CT molecular complexity index is 1190. The number of nitrogens with one attached hydrogen (secondary N) is 1. The van der Waals surface area contributed by atoms with Crippen molar-refractivity contribution >= 4 is 0 Å². The van der Waals surface area contributed by atoms with Gasteiger partial charge in [0.15, 0.2) is 0 Å². The Labute approximate surface area is 198 Å². The van der Waals surface area contributed by atoms with Crippen molar-refractivity contribution in [2.45, 2.75) is 51.7 Å². The van der Waals surface area contributed by atoms with E-state index < -0.39 is 28.3 Å². The molecule has 2 aromatic heterocycles. The highest BCUT2D eigenvalue weighted by Crippen LogP contribution is 2.51. The summed E-state index contributed by atoms with van der Waals surface area (Å²) in [5.74, 6) is -1.68. The molecule has 3 N–H and O–H groups in total. The Morgan fingerprint density at radius 2 is 1.65 bits per heavy atom. The van der Waals surface area contributed by atoms with E-state index in [1.165, 1.54) is 18.3 Å². The summed E-state index contributed by atoms with van der Waals surface area (Å²) in [7, 11) is 1.93. The first-order valence-corrected chi connectivity index (χ1v) is 11.4. The fraction of sp³-hybridized carbons (Fsp3) is 0.462. The number of H-pyrrole nitrogens is 1. The SMILES string of the molecule is CC(C)c1c(F)cc([C@](O)(c2cncc(-c3cc(C(C)(C)O)[nH]n3)c2)C2(C)CN(C)C2)cc1F. The molecule has 1 aliphatic rings. The standard InChI is InChI=1S/C26H32F2N4O2/c1-15(2)23-19(27)8-17(9-20(23)28)26(34,25(5)13-32(6)14-25)18-7-16(11-29-12-18)21-10-22(31-30-21)24(3,4)33/h7-12,15,33-34H,13-14H2,1-6H3,(H,30,31)/t26-/m0/s1. The van der Waals surface area contributed by atoms with E-state index in [9.17, 15) is 10.2 Å². The minimum absolute atomic E-state index is 0.00419. The molecule has 1 saturated heterocycles. The van der Waals surface area contributed by atoms with Gasteiger partial charge in [-0.1, -0.05) is 20.8 Å². The van der Waals surface area contributed by atoms with Crippen molar-refractivity contribution in [3.05, 3.63) is 70.7 Å². The van der Waals surface area contributed by atoms with E-state index in [-0.39, 0.29) is 17.0 Å². The summed E-state index contributed by atoms with van der Waals surface area (Å²) in [6, 6.07) is 5.95. The molecular formula is C26H32F2N4O2. The summed E-state index contributed by atoms with van der Waals surface area (Å²) in [4.78, 5) is 6.37. The zero-order valence-electron chi connectivity index (χ0n) is 20.4. The van der Waals surface area contributed by atoms with Crippen molar-refractivity contribution in [3.63, 3.8) is 0 Å². The van der Waals surface area contributed by atoms with Crippen molar-refractivity contribution < 1.29 is 19.0 Å². The summed E-state index contributed by atoms with van der Waals surface area (Å²) in [5.41, 5.74) is -1.25. The van der Waals surface area contributed by atoms with Crippen LogP contribution in [0.15, 0.2) is 36.7 Å². The third kappa shape index (κ3) is 3.93. The maximum atomic E-state index is 15.0. The average Bonchev–Trinajstić information content (AvgIpc) is 3.22. The van der Waals surface area contributed by atoms with Gasteiger partial charge in [-0.3, -0.25) is 10.1 Å². The molecule has 0 unspecified atom stereocenters. The fourth-order valence-electron chi connectivity index (χ4n) is 5.14. The molecule has 3 aromatic rings. The van der Waals surface area contributed by atoms with Gasteiger partial charge < -0.3 is 15.1 Å². The molecule has 0 radical (unpaired) electrons. The van der Waals surface area contributed by atoms with E-state index >= 15 is 8.78 Å². The molecule has 1 atom stereocenters. The molecular weight excluding hydrogens is 438 g/mol. The number of rotatable bonds is 6. The Kier molecular flexibility index (Phi) is 5.91. The molecule has 0 amide bonds. The van der Waals surface area contributed by atoms with Crippen LogP contribution in [-0.2, 0) is 11.2 Å². The molecule has 8 heteroatoms. The minimum Gasteiger partial charge on any atom is -0.384 e. The summed E-state index contributed by atoms with van der Waals surface area (Å²) >= 11 is 0. The molecule has 0 aliphatic carbocycles. The lowest BCUT2D eigenvalue weighted by molar-refractivity contribution is -0.127. The van der Waals surface area contributed by atoms with E-state index in [0.717, 1.165) is 0 Å². The lowest BCUT2D eigenvalue weighted by Gasteiger charge is -2.55. The molecule has 182 valence electrons. The van der Waals surface area contributed by atoms with Crippen LogP contribution in [0, 0.1) is 17.0 Å². The number of aromatic amines is 1. The number of nitrogens with zero attached hydrogens (tertiary/aromatic N) is 3. The number of pyridine rings is 1. The van der Waals surface area contributed by atoms with Crippen LogP contribution in [0.1, 0.15) is 62.9 Å². The largest absolute Gasteiger partial charge is 0.384 e. The van der Waals surface area contributed by atoms with Gasteiger partial charge in [0.1, 0.15) is 22.8 Å². The highest BCUT2D eigenvalue weighted by molar-refractivity contribution is 5.60. The molecule has 3 heterocycles. The lowest BCUT2D eigenvalue weighted by Crippen LogP contribution is -2.63. The molecule has 0 bridgehead atoms. The first kappa shape index (κ1) is 24.4. The predicted octanol–water partition coefficient (Wildman–Crippen LogP) is 4.29. The third-order valence-corrected chi connectivity index (χ3v) is 6.87. The Hall–Kier alpha value is -2.68. The molecule has 1 aliphatic heterocycles. The quantitative estimate of drug-likeness (QED) is 0.501. The molecule has 0 saturated carbocycles. The van der Waals surface area contributed by atoms with Crippen LogP contribution in [0.25, 0.3) is 11.3 Å². The summed E-state index contributed by atoms with van der Waals surface area (Å²) in [6.07, 6.45) is 3.13. The number of benzene rings is 1. The minimum atomic E-state index is -1.70. The number of aromatic nitrogens is 3. The molecule has 0 spiro atoms. The van der Waals surface area contributed by atoms with Gasteiger partial charge in [-0.2, -0.15) is 5.10 Å². The van der Waals surface area contributed by atoms with E-state index in [1.807, 2.05) is 18.9 Å². The van der Waals surface area contributed by atoms with Gasteiger partial charge in [-0.25, -0.2) is 8.78 Å². The van der Waals surface area contributed by atoms with Crippen LogP contribution in [0.3, 0.4) is 0 Å². The maximum absolute atomic E-state index is 15.0. The van der Waals surface area contributed by atoms with Gasteiger partial charge in [-0.05, 0) is 56.6 Å². The highest BCUT2D eigenvalue weighted by atomic mass is 19.1. The van der Waals surface area contributed by atoms with Crippen molar-refractivity contribution in [1.82, 2.24) is 20.1 Å². The first-order valence-electron chi connectivity index (χ1n) is 11.4. The van der Waals surface area contributed by atoms with Crippen molar-refractivity contribution in [2.75, 3.05) is 20.1 Å². The van der Waals surface area contributed by atoms with Crippen molar-refractivity contribution in [1.29, 1.82) is 0 Å². The zero-order chi connectivity index (χ0) is 25.1. The number of aliphatic hydroxyl groups is 2. The maximum Gasteiger partial charge on any atom is 0.129 e. The normalized spacial score (nSPS) is 18.1. The van der Waals surface area contributed by atoms with E-state index in [4.69, 9.17) is 0 Å². The summed E-state index contributed by atoms with van der Waals surface area (Å²) in [6.45, 7) is 9.74. The Morgan fingerprint density at radius 3 is 2.15 bits per heavy atom. The first-order chi connectivity index (χ1) is 15.8. The van der Waals surface area contributed by atoms with Crippen LogP contribution in [0.4, 0.5) is 8.78 Å². The van der Waals surface area contributed by atoms with Crippen LogP contribution in [0.2, 0.25) is 0 Å². The van der Waals surface area contributed by atoms with Crippen molar-refractivity contribution in [3.8, 4) is 11.3 Å². The molecule has 1 fully saturated rings. The van der Waals surface area contributed by atoms with E-state index in [1.54, 1.807) is 46.0 Å². The Balaban J connectivity index is 1.87. The average molecular weight is 471 g/mol. The molecule has 34 heavy (non-hydrogen) atoms. The fourth-order valence-corrected chi connectivity index (χ4v) is 5.14. The highest BCUT2D eigenvalue weighted by Gasteiger charge is 2.55. The third-order valence-electron chi connectivity index (χ3n) is 6.87. The molecule has 1 aromatic carbocycles. The number of likely N-dealkylation sites (tertiary alicyclic amines) is 1. The number of halogens is 2. The second kappa shape index (κ2) is 8.22. The number of hydrogen-bond acceptors (Lipinski definition) is 5. The van der Waals surface area contributed by atoms with Crippen LogP contribution < -0.4 is 0 Å². The van der Waals surface area contributed by atoms with Gasteiger partial charge in [0.2, 0.25) is 0 Å². The smallest absolute Gasteiger partial charge is 0.129 e. The van der Waals surface area contributed by atoms with Crippen molar-refractivity contribution in [2.24, 2.45) is 5.41 Å². The molecule has 4 rings (SSSR count). The number of hydrogen-bond donors (Lipinski definition) is 3. The summed E-state index contributed by atoms with van der Waals surface area (Å²) < 4.78 is 30.1. The topological polar surface area (TPSA) is 85.3 Å². The van der Waals surface area contributed by atoms with Crippen LogP contribution >= 0.6 is 0 Å². The van der Waals surface area contributed by atoms with Gasteiger partial charge in [0, 0.05) is 47.6 Å². The van der Waals surface area contributed by atoms with E-state index in [2.05, 4.69) is 15.2 Å². The predicted molar refractivity (Wildman–Crippen MR) is 126 cm³/mol. The Morgan fingerprint density at radius 1 is 1.03 bits per heavy atom. The second-order valence-electron chi connectivity index (χ2n) is 10.6. The van der Waals surface area contributed by atoms with Crippen LogP contribution in [-0.4, -0.2) is 50.4 Å². The van der Waals surface area contributed by atoms with Gasteiger partial charge in [-0.15, -0.1) is 0 Å². The van der Waals surface area contributed by atoms with Crippen LogP contribution in [0.5, 0.6) is 0 Å². The van der Waals surface area contributed by atoms with Gasteiger partial charge in [0.25, 0.3) is 0 Å². The zero-order valence-corrected chi connectivity index (χ0v) is 20.4. The summed E-state index contributed by atoms with van der Waals surface area (Å²) in [5, 5.41) is 29.6. The monoisotopic (exact) mass is 470 g/mol. The van der Waals surface area contributed by atoms with Gasteiger partial charge in [0.05, 0.1) is 11.4 Å². The lowest BCUT2D eigenvalue weighted by atomic mass is 9.62. The van der Waals surface area contributed by atoms with Gasteiger partial charge >= 0.3 is 0 Å². The second-order valence-corrected chi connectivity index (χ2v) is 10.6. The molecule has 6 nitrogen and oxygen atoms in total.